The number of likely N-dealkylation sites (tertiary alicyclic amines) is 1. The van der Waals surface area contributed by atoms with Crippen molar-refractivity contribution in [2.75, 3.05) is 13.1 Å². The van der Waals surface area contributed by atoms with E-state index in [1.165, 1.54) is 52.1 Å². The van der Waals surface area contributed by atoms with Crippen LogP contribution in [-0.4, -0.2) is 44.6 Å². The highest BCUT2D eigenvalue weighted by Gasteiger charge is 2.45. The van der Waals surface area contributed by atoms with E-state index < -0.39 is 0 Å². The molecule has 3 heterocycles. The molecule has 0 saturated carbocycles. The van der Waals surface area contributed by atoms with Crippen LogP contribution in [0.2, 0.25) is 0 Å². The summed E-state index contributed by atoms with van der Waals surface area (Å²) in [4.78, 5) is 12.2. The Hall–Kier alpha value is -2.76. The van der Waals surface area contributed by atoms with Gasteiger partial charge >= 0.3 is 0 Å². The van der Waals surface area contributed by atoms with E-state index in [1.807, 2.05) is 18.7 Å². The van der Waals surface area contributed by atoms with Gasteiger partial charge in [0.2, 0.25) is 0 Å². The number of nitrogens with one attached hydrogen (secondary N) is 1. The molecule has 5 heteroatoms. The fourth-order valence-corrected chi connectivity index (χ4v) is 6.65. The van der Waals surface area contributed by atoms with Crippen LogP contribution in [-0.2, 0) is 12.5 Å². The first-order valence-corrected chi connectivity index (χ1v) is 13.9. The van der Waals surface area contributed by atoms with Crippen LogP contribution in [0.15, 0.2) is 49.1 Å². The van der Waals surface area contributed by atoms with Crippen molar-refractivity contribution in [2.24, 2.45) is 13.0 Å². The zero-order valence-electron chi connectivity index (χ0n) is 23.6. The Morgan fingerprint density at radius 2 is 1.84 bits per heavy atom. The molecule has 0 radical (unpaired) electrons. The van der Waals surface area contributed by atoms with E-state index in [0.717, 1.165) is 13.1 Å². The maximum atomic E-state index is 5.12. The number of benzene rings is 1. The van der Waals surface area contributed by atoms with Crippen LogP contribution in [0.25, 0.3) is 11.6 Å². The lowest BCUT2D eigenvalue weighted by atomic mass is 9.64. The fraction of sp³-hybridized carbons (Fsp3) is 0.500. The largest absolute Gasteiger partial charge is 0.336 e. The van der Waals surface area contributed by atoms with Gasteiger partial charge in [0.15, 0.2) is 0 Å². The molecule has 1 aromatic carbocycles. The van der Waals surface area contributed by atoms with Crippen molar-refractivity contribution in [3.8, 4) is 0 Å². The van der Waals surface area contributed by atoms with E-state index in [-0.39, 0.29) is 11.5 Å². The molecular weight excluding hydrogens is 454 g/mol. The molecule has 2 aliphatic rings. The van der Waals surface area contributed by atoms with Gasteiger partial charge in [0.25, 0.3) is 0 Å². The summed E-state index contributed by atoms with van der Waals surface area (Å²) in [5, 5.41) is 3.88. The van der Waals surface area contributed by atoms with Crippen molar-refractivity contribution < 1.29 is 0 Å². The number of hydrogen-bond acceptors (Lipinski definition) is 4. The van der Waals surface area contributed by atoms with Crippen LogP contribution in [0.1, 0.15) is 87.1 Å². The molecule has 2 atom stereocenters. The summed E-state index contributed by atoms with van der Waals surface area (Å²) < 4.78 is 2.15. The first-order chi connectivity index (χ1) is 17.7. The highest BCUT2D eigenvalue weighted by atomic mass is 15.1. The van der Waals surface area contributed by atoms with E-state index >= 15 is 0 Å². The summed E-state index contributed by atoms with van der Waals surface area (Å²) in [6, 6.07) is 12.4. The van der Waals surface area contributed by atoms with Gasteiger partial charge in [-0.15, -0.1) is 0 Å². The average Bonchev–Trinajstić information content (AvgIpc) is 3.27. The van der Waals surface area contributed by atoms with Crippen molar-refractivity contribution in [3.63, 3.8) is 0 Å². The smallest absolute Gasteiger partial charge is 0.0946 e. The summed E-state index contributed by atoms with van der Waals surface area (Å²) in [5.41, 5.74) is 8.78. The van der Waals surface area contributed by atoms with E-state index in [4.69, 9.17) is 4.98 Å². The highest BCUT2D eigenvalue weighted by Crippen LogP contribution is 2.51. The monoisotopic (exact) mass is 497 g/mol. The van der Waals surface area contributed by atoms with Crippen LogP contribution >= 0.6 is 0 Å². The molecule has 1 fully saturated rings. The lowest BCUT2D eigenvalue weighted by Crippen LogP contribution is -2.45. The topological polar surface area (TPSA) is 46.0 Å². The molecule has 1 saturated heterocycles. The molecule has 1 N–H and O–H groups in total. The molecule has 0 bridgehead atoms. The molecule has 0 spiro atoms. The van der Waals surface area contributed by atoms with Crippen LogP contribution in [0, 0.1) is 12.8 Å². The zero-order chi connectivity index (χ0) is 26.3. The number of rotatable bonds is 6. The molecule has 3 aromatic rings. The number of aromatic nitrogens is 3. The Balaban J connectivity index is 1.72. The first kappa shape index (κ1) is 25.9. The lowest BCUT2D eigenvalue weighted by Gasteiger charge is -2.44. The third-order valence-corrected chi connectivity index (χ3v) is 8.72. The second-order valence-corrected chi connectivity index (χ2v) is 11.9. The van der Waals surface area contributed by atoms with Crippen LogP contribution in [0.3, 0.4) is 0 Å². The summed E-state index contributed by atoms with van der Waals surface area (Å²) in [6.45, 7) is 16.1. The van der Waals surface area contributed by atoms with Crippen molar-refractivity contribution in [2.45, 2.75) is 77.9 Å². The van der Waals surface area contributed by atoms with Crippen LogP contribution in [0.4, 0.5) is 0 Å². The molecular formula is C32H43N5. The van der Waals surface area contributed by atoms with Gasteiger partial charge in [0.1, 0.15) is 0 Å². The molecule has 1 aliphatic carbocycles. The summed E-state index contributed by atoms with van der Waals surface area (Å²) >= 11 is 0. The Kier molecular flexibility index (Phi) is 7.12. The van der Waals surface area contributed by atoms with Crippen molar-refractivity contribution in [1.29, 1.82) is 0 Å². The Morgan fingerprint density at radius 1 is 1.08 bits per heavy atom. The Bertz CT molecular complexity index is 1280. The minimum Gasteiger partial charge on any atom is -0.336 e. The number of pyridine rings is 1. The second-order valence-electron chi connectivity index (χ2n) is 11.9. The number of nitrogens with zero attached hydrogens (tertiary/aromatic N) is 4. The number of hydrogen-bond donors (Lipinski definition) is 1. The van der Waals surface area contributed by atoms with Gasteiger partial charge in [-0.3, -0.25) is 4.98 Å². The van der Waals surface area contributed by atoms with Crippen molar-refractivity contribution in [3.05, 3.63) is 82.7 Å². The SMILES string of the molecule is Cc1ccc2c(c1)C([C@@H](NC(C)C)c1cncn1C)=Cc1cccnc1[C@@]2(C)C1CCN(C(C)C)CC1. The summed E-state index contributed by atoms with van der Waals surface area (Å²) in [6.07, 6.45) is 10.7. The Labute approximate surface area is 223 Å². The number of piperidine rings is 1. The average molecular weight is 498 g/mol. The van der Waals surface area contributed by atoms with Crippen molar-refractivity contribution in [1.82, 2.24) is 24.8 Å². The lowest BCUT2D eigenvalue weighted by molar-refractivity contribution is 0.121. The molecule has 2 aromatic heterocycles. The second kappa shape index (κ2) is 10.2. The first-order valence-electron chi connectivity index (χ1n) is 13.9. The quantitative estimate of drug-likeness (QED) is 0.444. The maximum absolute atomic E-state index is 5.12. The van der Waals surface area contributed by atoms with Gasteiger partial charge in [0, 0.05) is 30.7 Å². The van der Waals surface area contributed by atoms with Gasteiger partial charge in [0.05, 0.1) is 30.0 Å². The maximum Gasteiger partial charge on any atom is 0.0946 e. The number of imidazole rings is 1. The predicted molar refractivity (Wildman–Crippen MR) is 153 cm³/mol. The predicted octanol–water partition coefficient (Wildman–Crippen LogP) is 6.14. The molecule has 5 rings (SSSR count). The van der Waals surface area contributed by atoms with E-state index in [9.17, 15) is 0 Å². The molecule has 0 amide bonds. The van der Waals surface area contributed by atoms with Gasteiger partial charge < -0.3 is 14.8 Å². The number of fused-ring (bicyclic) bond motifs is 2. The molecule has 0 unspecified atom stereocenters. The van der Waals surface area contributed by atoms with Gasteiger partial charge in [-0.05, 0) is 108 Å². The van der Waals surface area contributed by atoms with Crippen molar-refractivity contribution >= 4 is 11.6 Å². The zero-order valence-corrected chi connectivity index (χ0v) is 23.6. The van der Waals surface area contributed by atoms with E-state index in [1.54, 1.807) is 0 Å². The van der Waals surface area contributed by atoms with E-state index in [0.29, 0.717) is 18.0 Å². The number of aryl methyl sites for hydroxylation is 2. The van der Waals surface area contributed by atoms with Crippen LogP contribution < -0.4 is 5.32 Å². The molecule has 37 heavy (non-hydrogen) atoms. The fourth-order valence-electron chi connectivity index (χ4n) is 6.65. The highest BCUT2D eigenvalue weighted by molar-refractivity contribution is 5.89. The third-order valence-electron chi connectivity index (χ3n) is 8.72. The van der Waals surface area contributed by atoms with Gasteiger partial charge in [-0.25, -0.2) is 4.98 Å². The minimum absolute atomic E-state index is 0.0197. The minimum atomic E-state index is -0.171. The van der Waals surface area contributed by atoms with Crippen LogP contribution in [0.5, 0.6) is 0 Å². The molecule has 5 nitrogen and oxygen atoms in total. The summed E-state index contributed by atoms with van der Waals surface area (Å²) in [7, 11) is 2.09. The van der Waals surface area contributed by atoms with E-state index in [2.05, 4.69) is 105 Å². The standard InChI is InChI=1S/C32H43N5/c1-21(2)35-30(29-19-33-20-36(29)7)27-18-24-9-8-14-34-31(24)32(6,28-11-10-23(5)17-26(27)28)25-12-15-37(16-13-25)22(3)4/h8-11,14,17-22,25,30,35H,12-13,15-16H2,1-7H3/t30-,32+/m1/s1. The summed E-state index contributed by atoms with van der Waals surface area (Å²) in [5.74, 6) is 0.526. The van der Waals surface area contributed by atoms with Gasteiger partial charge in [-0.2, -0.15) is 0 Å². The molecule has 196 valence electrons. The third kappa shape index (κ3) is 4.68. The normalized spacial score (nSPS) is 21.5. The van der Waals surface area contributed by atoms with Gasteiger partial charge in [-0.1, -0.05) is 29.8 Å². The molecule has 1 aliphatic heterocycles. The Morgan fingerprint density at radius 3 is 2.49 bits per heavy atom.